The number of nitrogens with zero attached hydrogens (tertiary/aromatic N) is 5. The van der Waals surface area contributed by atoms with Gasteiger partial charge < -0.3 is 9.72 Å². The van der Waals surface area contributed by atoms with E-state index in [4.69, 9.17) is 4.98 Å². The van der Waals surface area contributed by atoms with E-state index in [0.717, 1.165) is 45.2 Å². The van der Waals surface area contributed by atoms with Crippen LogP contribution < -0.4 is 5.32 Å². The number of benzene rings is 2. The van der Waals surface area contributed by atoms with E-state index in [1.807, 2.05) is 40.7 Å². The van der Waals surface area contributed by atoms with Crippen LogP contribution >= 0.6 is 11.3 Å². The Balaban J connectivity index is 1.45. The highest BCUT2D eigenvalue weighted by Crippen LogP contribution is 2.29. The summed E-state index contributed by atoms with van der Waals surface area (Å²) in [5, 5.41) is 3.44. The highest BCUT2D eigenvalue weighted by atomic mass is 32.1. The molecule has 0 saturated carbocycles. The van der Waals surface area contributed by atoms with E-state index < -0.39 is 0 Å². The van der Waals surface area contributed by atoms with Crippen molar-refractivity contribution in [3.63, 3.8) is 0 Å². The number of nitrogens with one attached hydrogen (secondary N) is 1. The predicted molar refractivity (Wildman–Crippen MR) is 113 cm³/mol. The number of thiazole rings is 1. The summed E-state index contributed by atoms with van der Waals surface area (Å²) in [5.41, 5.74) is 8.99. The zero-order chi connectivity index (χ0) is 18.5. The fourth-order valence-corrected chi connectivity index (χ4v) is 4.21. The lowest BCUT2D eigenvalue weighted by Crippen LogP contribution is -2.00. The summed E-state index contributed by atoms with van der Waals surface area (Å²) in [6.45, 7) is 0.733. The molecule has 0 bridgehead atoms. The largest absolute Gasteiger partial charge is 0.337 e. The van der Waals surface area contributed by atoms with Gasteiger partial charge >= 0.3 is 0 Å². The zero-order valence-corrected chi connectivity index (χ0v) is 15.5. The molecule has 0 radical (unpaired) electrons. The Kier molecular flexibility index (Phi) is 3.30. The van der Waals surface area contributed by atoms with Gasteiger partial charge in [0, 0.05) is 36.1 Å². The molecule has 5 aromatic rings. The lowest BCUT2D eigenvalue weighted by atomic mass is 10.0. The lowest BCUT2D eigenvalue weighted by Gasteiger charge is -2.11. The van der Waals surface area contributed by atoms with Gasteiger partial charge in [-0.2, -0.15) is 0 Å². The summed E-state index contributed by atoms with van der Waals surface area (Å²) in [6, 6.07) is 12.5. The maximum atomic E-state index is 4.88. The van der Waals surface area contributed by atoms with Crippen LogP contribution in [0.1, 0.15) is 11.1 Å². The van der Waals surface area contributed by atoms with Gasteiger partial charge in [-0.25, -0.2) is 15.0 Å². The van der Waals surface area contributed by atoms with Crippen molar-refractivity contribution in [3.8, 4) is 11.3 Å². The van der Waals surface area contributed by atoms with Gasteiger partial charge in [0.05, 0.1) is 28.0 Å². The molecule has 28 heavy (non-hydrogen) atoms. The quantitative estimate of drug-likeness (QED) is 0.492. The van der Waals surface area contributed by atoms with Gasteiger partial charge in [0.25, 0.3) is 0 Å². The normalized spacial score (nSPS) is 12.7. The number of aromatic nitrogens is 4. The Morgan fingerprint density at radius 1 is 1.07 bits per heavy atom. The van der Waals surface area contributed by atoms with Gasteiger partial charge in [0.1, 0.15) is 0 Å². The summed E-state index contributed by atoms with van der Waals surface area (Å²) in [5.74, 6) is 0.725. The first-order chi connectivity index (χ1) is 13.8. The van der Waals surface area contributed by atoms with Crippen molar-refractivity contribution in [2.45, 2.75) is 6.54 Å². The smallest absolute Gasteiger partial charge is 0.180 e. The molecule has 1 aliphatic rings. The molecule has 2 aromatic carbocycles. The number of hydrogen-bond donors (Lipinski definition) is 1. The van der Waals surface area contributed by atoms with Gasteiger partial charge in [-0.05, 0) is 35.4 Å². The third-order valence-corrected chi connectivity index (χ3v) is 5.69. The minimum Gasteiger partial charge on any atom is -0.337 e. The molecular weight excluding hydrogens is 368 g/mol. The van der Waals surface area contributed by atoms with E-state index in [0.29, 0.717) is 0 Å². The molecule has 6 rings (SSSR count). The third-order valence-electron chi connectivity index (χ3n) is 4.90. The third kappa shape index (κ3) is 2.48. The van der Waals surface area contributed by atoms with Crippen LogP contribution in [0.2, 0.25) is 0 Å². The van der Waals surface area contributed by atoms with E-state index in [2.05, 4.69) is 44.5 Å². The van der Waals surface area contributed by atoms with Crippen LogP contribution in [0.3, 0.4) is 0 Å². The average Bonchev–Trinajstić information content (AvgIpc) is 3.46. The SMILES string of the molecule is C1=NCc2cc(-c3cn4ccnc4c(Nc4ccc5ncsc5c4)n3)ccc21. The Labute approximate surface area is 164 Å². The van der Waals surface area contributed by atoms with Crippen LogP contribution in [0, 0.1) is 0 Å². The molecule has 0 unspecified atom stereocenters. The van der Waals surface area contributed by atoms with Crippen LogP contribution in [0.15, 0.2) is 65.5 Å². The maximum Gasteiger partial charge on any atom is 0.180 e. The molecule has 3 aromatic heterocycles. The average molecular weight is 382 g/mol. The minimum absolute atomic E-state index is 0.725. The second-order valence-electron chi connectivity index (χ2n) is 6.68. The second-order valence-corrected chi connectivity index (χ2v) is 7.56. The van der Waals surface area contributed by atoms with Crippen molar-refractivity contribution < 1.29 is 0 Å². The zero-order valence-electron chi connectivity index (χ0n) is 14.7. The first-order valence-corrected chi connectivity index (χ1v) is 9.79. The number of rotatable bonds is 3. The van der Waals surface area contributed by atoms with Crippen LogP contribution in [0.4, 0.5) is 11.5 Å². The van der Waals surface area contributed by atoms with Gasteiger partial charge in [-0.3, -0.25) is 4.99 Å². The number of anilines is 2. The van der Waals surface area contributed by atoms with Crippen molar-refractivity contribution in [2.75, 3.05) is 5.32 Å². The number of aliphatic imine (C=N–C) groups is 1. The van der Waals surface area contributed by atoms with E-state index in [-0.39, 0.29) is 0 Å². The Morgan fingerprint density at radius 2 is 2.07 bits per heavy atom. The standard InChI is InChI=1S/C21H14N6S/c1-2-14-9-22-10-15(14)7-13(1)18-11-27-6-5-23-21(27)20(26-18)25-16-3-4-17-19(8-16)28-12-24-17/h1-9,11-12H,10H2,(H,25,26). The summed E-state index contributed by atoms with van der Waals surface area (Å²) in [4.78, 5) is 18.0. The molecule has 0 amide bonds. The van der Waals surface area contributed by atoms with E-state index >= 15 is 0 Å². The molecule has 1 aliphatic heterocycles. The molecule has 1 N–H and O–H groups in total. The Hall–Kier alpha value is -3.58. The topological polar surface area (TPSA) is 67.5 Å². The van der Waals surface area contributed by atoms with Crippen molar-refractivity contribution in [3.05, 3.63) is 71.6 Å². The maximum absolute atomic E-state index is 4.88. The van der Waals surface area contributed by atoms with E-state index in [1.165, 1.54) is 11.1 Å². The van der Waals surface area contributed by atoms with E-state index in [9.17, 15) is 0 Å². The van der Waals surface area contributed by atoms with Gasteiger partial charge in [-0.15, -0.1) is 11.3 Å². The molecule has 7 heteroatoms. The monoisotopic (exact) mass is 382 g/mol. The van der Waals surface area contributed by atoms with Gasteiger partial charge in [0.2, 0.25) is 0 Å². The Bertz CT molecular complexity index is 1380. The number of imidazole rings is 1. The van der Waals surface area contributed by atoms with Crippen LogP contribution in [0.25, 0.3) is 27.1 Å². The molecule has 0 saturated heterocycles. The first-order valence-electron chi connectivity index (χ1n) is 8.91. The van der Waals surface area contributed by atoms with Gasteiger partial charge in [0.15, 0.2) is 11.5 Å². The van der Waals surface area contributed by atoms with E-state index in [1.54, 1.807) is 17.5 Å². The summed E-state index contributed by atoms with van der Waals surface area (Å²) in [7, 11) is 0. The summed E-state index contributed by atoms with van der Waals surface area (Å²) < 4.78 is 3.14. The molecule has 0 fully saturated rings. The molecule has 134 valence electrons. The fraction of sp³-hybridized carbons (Fsp3) is 0.0476. The molecular formula is C21H14N6S. The molecule has 4 heterocycles. The van der Waals surface area contributed by atoms with Crippen molar-refractivity contribution >= 4 is 44.9 Å². The molecule has 6 nitrogen and oxygen atoms in total. The highest BCUT2D eigenvalue weighted by Gasteiger charge is 2.13. The molecule has 0 atom stereocenters. The van der Waals surface area contributed by atoms with Crippen LogP contribution in [-0.4, -0.2) is 25.6 Å². The summed E-state index contributed by atoms with van der Waals surface area (Å²) >= 11 is 1.62. The fourth-order valence-electron chi connectivity index (χ4n) is 3.49. The van der Waals surface area contributed by atoms with Gasteiger partial charge in [-0.1, -0.05) is 12.1 Å². The number of fused-ring (bicyclic) bond motifs is 3. The molecule has 0 aliphatic carbocycles. The molecule has 0 spiro atoms. The van der Waals surface area contributed by atoms with Crippen molar-refractivity contribution in [2.24, 2.45) is 4.99 Å². The van der Waals surface area contributed by atoms with Crippen LogP contribution in [0.5, 0.6) is 0 Å². The summed E-state index contributed by atoms with van der Waals surface area (Å²) in [6.07, 6.45) is 7.66. The van der Waals surface area contributed by atoms with Crippen molar-refractivity contribution in [1.82, 2.24) is 19.4 Å². The Morgan fingerprint density at radius 3 is 3.07 bits per heavy atom. The minimum atomic E-state index is 0.725. The lowest BCUT2D eigenvalue weighted by molar-refractivity contribution is 1.10. The van der Waals surface area contributed by atoms with Crippen molar-refractivity contribution in [1.29, 1.82) is 0 Å². The number of hydrogen-bond acceptors (Lipinski definition) is 6. The highest BCUT2D eigenvalue weighted by molar-refractivity contribution is 7.16. The first kappa shape index (κ1) is 15.5. The predicted octanol–water partition coefficient (Wildman–Crippen LogP) is 4.68. The second kappa shape index (κ2) is 5.97. The van der Waals surface area contributed by atoms with Crippen LogP contribution in [-0.2, 0) is 6.54 Å².